The lowest BCUT2D eigenvalue weighted by molar-refractivity contribution is -0.144. The molecule has 374 valence electrons. The molecule has 9 nitrogen and oxygen atoms in total. The van der Waals surface area contributed by atoms with Gasteiger partial charge in [-0.05, 0) is 141 Å². The first-order valence-electron chi connectivity index (χ1n) is 26.7. The normalized spacial score (nSPS) is 13.1. The first-order chi connectivity index (χ1) is 31.5. The van der Waals surface area contributed by atoms with Gasteiger partial charge in [0.1, 0.15) is 0 Å². The third-order valence-corrected chi connectivity index (χ3v) is 11.9. The van der Waals surface area contributed by atoms with Crippen LogP contribution in [-0.4, -0.2) is 97.4 Å². The van der Waals surface area contributed by atoms with Gasteiger partial charge in [-0.3, -0.25) is 14.5 Å². The molecule has 0 aromatic rings. The highest BCUT2D eigenvalue weighted by Gasteiger charge is 2.19. The minimum absolute atomic E-state index is 0.0758. The van der Waals surface area contributed by atoms with E-state index < -0.39 is 6.10 Å². The molecule has 0 spiro atoms. The number of hydrogen-bond donors (Lipinski definition) is 4. The summed E-state index contributed by atoms with van der Waals surface area (Å²) in [5, 5.41) is 33.4. The second-order valence-corrected chi connectivity index (χ2v) is 17.9. The number of carbonyl (C=O) groups excluding carboxylic acids is 2. The highest BCUT2D eigenvalue weighted by molar-refractivity contribution is 5.69. The van der Waals surface area contributed by atoms with Crippen molar-refractivity contribution in [1.29, 1.82) is 0 Å². The fraction of sp³-hybridized carbons (Fsp3) is 0.818. The summed E-state index contributed by atoms with van der Waals surface area (Å²) >= 11 is 0. The van der Waals surface area contributed by atoms with Gasteiger partial charge in [-0.25, -0.2) is 0 Å². The van der Waals surface area contributed by atoms with Crippen LogP contribution in [0.5, 0.6) is 0 Å². The van der Waals surface area contributed by atoms with Crippen LogP contribution in [0, 0.1) is 5.92 Å². The number of ether oxygens (including phenoxy) is 2. The zero-order valence-corrected chi connectivity index (χ0v) is 41.7. The van der Waals surface area contributed by atoms with E-state index in [2.05, 4.69) is 72.7 Å². The summed E-state index contributed by atoms with van der Waals surface area (Å²) in [4.78, 5) is 26.7. The highest BCUT2D eigenvalue weighted by Crippen LogP contribution is 2.19. The molecule has 0 fully saturated rings. The summed E-state index contributed by atoms with van der Waals surface area (Å²) in [5.41, 5.74) is 0. The van der Waals surface area contributed by atoms with Gasteiger partial charge in [0.2, 0.25) is 0 Å². The van der Waals surface area contributed by atoms with Gasteiger partial charge in [-0.15, -0.1) is 0 Å². The fourth-order valence-corrected chi connectivity index (χ4v) is 7.82. The average Bonchev–Trinajstić information content (AvgIpc) is 3.29. The Morgan fingerprint density at radius 3 is 1.41 bits per heavy atom. The number of allylic oxidation sites excluding steroid dienone is 8. The average molecular weight is 903 g/mol. The number of nitrogens with zero attached hydrogens (tertiary/aromatic N) is 1. The molecule has 0 rings (SSSR count). The number of esters is 2. The zero-order chi connectivity index (χ0) is 46.7. The molecule has 0 radical (unpaired) electrons. The van der Waals surface area contributed by atoms with E-state index >= 15 is 0 Å². The van der Waals surface area contributed by atoms with Crippen molar-refractivity contribution in [3.63, 3.8) is 0 Å². The maximum absolute atomic E-state index is 12.3. The molecule has 0 aliphatic rings. The first-order valence-corrected chi connectivity index (χ1v) is 26.7. The van der Waals surface area contributed by atoms with E-state index in [1.807, 2.05) is 0 Å². The largest absolute Gasteiger partial charge is 0.466 e. The second kappa shape index (κ2) is 51.7. The van der Waals surface area contributed by atoms with Crippen LogP contribution in [0.25, 0.3) is 0 Å². The van der Waals surface area contributed by atoms with Crippen LogP contribution in [0.1, 0.15) is 219 Å². The molecule has 0 bridgehead atoms. The van der Waals surface area contributed by atoms with Crippen LogP contribution in [-0.2, 0) is 19.1 Å². The molecule has 0 aliphatic heterocycles. The van der Waals surface area contributed by atoms with Crippen LogP contribution in [0.3, 0.4) is 0 Å². The van der Waals surface area contributed by atoms with Crippen LogP contribution in [0.15, 0.2) is 48.6 Å². The Morgan fingerprint density at radius 2 is 0.922 bits per heavy atom. The smallest absolute Gasteiger partial charge is 0.305 e. The molecule has 2 unspecified atom stereocenters. The van der Waals surface area contributed by atoms with Crippen molar-refractivity contribution in [2.24, 2.45) is 5.92 Å². The minimum atomic E-state index is -0.436. The van der Waals surface area contributed by atoms with Crippen LogP contribution in [0.4, 0.5) is 0 Å². The monoisotopic (exact) mass is 903 g/mol. The van der Waals surface area contributed by atoms with E-state index in [0.29, 0.717) is 52.1 Å². The van der Waals surface area contributed by atoms with E-state index in [-0.39, 0.29) is 31.1 Å². The summed E-state index contributed by atoms with van der Waals surface area (Å²) in [6.07, 6.45) is 51.1. The van der Waals surface area contributed by atoms with E-state index in [9.17, 15) is 24.9 Å². The Labute approximate surface area is 394 Å². The molecule has 0 heterocycles. The summed E-state index contributed by atoms with van der Waals surface area (Å²) in [5.74, 6) is -0.108. The Hall–Kier alpha value is -2.30. The number of rotatable bonds is 50. The Morgan fingerprint density at radius 1 is 0.500 bits per heavy atom. The van der Waals surface area contributed by atoms with Gasteiger partial charge in [-0.1, -0.05) is 133 Å². The molecule has 0 amide bonds. The van der Waals surface area contributed by atoms with Crippen molar-refractivity contribution in [1.82, 2.24) is 10.2 Å². The number of carbonyl (C=O) groups is 2. The molecule has 0 saturated carbocycles. The number of nitrogens with one attached hydrogen (secondary N) is 1. The molecular weight excluding hydrogens is 801 g/mol. The number of unbranched alkanes of at least 4 members (excludes halogenated alkanes) is 19. The molecule has 0 aliphatic carbocycles. The van der Waals surface area contributed by atoms with Crippen LogP contribution >= 0.6 is 0 Å². The van der Waals surface area contributed by atoms with Gasteiger partial charge in [-0.2, -0.15) is 0 Å². The first kappa shape index (κ1) is 61.7. The lowest BCUT2D eigenvalue weighted by Gasteiger charge is -2.24. The Bertz CT molecular complexity index is 1100. The topological polar surface area (TPSA) is 129 Å². The predicted molar refractivity (Wildman–Crippen MR) is 271 cm³/mol. The molecule has 4 N–H and O–H groups in total. The highest BCUT2D eigenvalue weighted by atomic mass is 16.5. The van der Waals surface area contributed by atoms with E-state index in [1.165, 1.54) is 77.0 Å². The van der Waals surface area contributed by atoms with E-state index in [4.69, 9.17) is 9.47 Å². The zero-order valence-electron chi connectivity index (χ0n) is 41.7. The van der Waals surface area contributed by atoms with Crippen LogP contribution < -0.4 is 5.32 Å². The Kier molecular flexibility index (Phi) is 49.8. The lowest BCUT2D eigenvalue weighted by Crippen LogP contribution is -2.35. The fourth-order valence-electron chi connectivity index (χ4n) is 7.82. The van der Waals surface area contributed by atoms with E-state index in [0.717, 1.165) is 122 Å². The van der Waals surface area contributed by atoms with Crippen molar-refractivity contribution in [3.8, 4) is 0 Å². The van der Waals surface area contributed by atoms with Gasteiger partial charge < -0.3 is 30.1 Å². The van der Waals surface area contributed by atoms with Crippen molar-refractivity contribution in [2.45, 2.75) is 225 Å². The van der Waals surface area contributed by atoms with Gasteiger partial charge in [0.15, 0.2) is 0 Å². The van der Waals surface area contributed by atoms with Gasteiger partial charge in [0, 0.05) is 32.5 Å². The molecule has 9 heteroatoms. The quantitative estimate of drug-likeness (QED) is 0.0268. The predicted octanol–water partition coefficient (Wildman–Crippen LogP) is 12.7. The van der Waals surface area contributed by atoms with Crippen LogP contribution in [0.2, 0.25) is 0 Å². The molecule has 0 aromatic carbocycles. The summed E-state index contributed by atoms with van der Waals surface area (Å²) in [7, 11) is 0. The summed E-state index contributed by atoms with van der Waals surface area (Å²) < 4.78 is 11.1. The third-order valence-electron chi connectivity index (χ3n) is 11.9. The van der Waals surface area contributed by atoms with Gasteiger partial charge >= 0.3 is 11.9 Å². The molecular formula is C55H102N2O7. The maximum atomic E-state index is 12.3. The SMILES string of the molecule is CCCCC/C=C\C/C=C\CCCCCCCC(=O)OCCCCCC(O)C(CCCCOC(=O)CCCCCCC/C=C\C/C=C\CCCCC)CNCCCN(CCO)CCO. The maximum Gasteiger partial charge on any atom is 0.305 e. The third kappa shape index (κ3) is 46.2. The van der Waals surface area contributed by atoms with Gasteiger partial charge in [0.25, 0.3) is 0 Å². The van der Waals surface area contributed by atoms with Crippen molar-refractivity contribution in [2.75, 3.05) is 59.2 Å². The molecule has 0 saturated heterocycles. The number of aliphatic hydroxyl groups excluding tert-OH is 3. The summed E-state index contributed by atoms with van der Waals surface area (Å²) in [6, 6.07) is 0. The van der Waals surface area contributed by atoms with Gasteiger partial charge in [0.05, 0.1) is 32.5 Å². The summed E-state index contributed by atoms with van der Waals surface area (Å²) in [6.45, 7) is 8.90. The van der Waals surface area contributed by atoms with Crippen molar-refractivity contribution in [3.05, 3.63) is 48.6 Å². The number of hydrogen-bond acceptors (Lipinski definition) is 9. The standard InChI is InChI=1S/C55H102N2O7/c1-3-5-7-9-11-13-15-17-19-21-23-25-27-29-33-41-54(61)63-49-36-31-32-40-53(60)52(51-56-43-38-44-57(45-47-58)46-48-59)39-35-37-50-64-55(62)42-34-30-28-26-24-22-20-18-16-14-12-10-8-6-4-2/h11-14,17-20,52-53,56,58-60H,3-10,15-16,21-51H2,1-2H3/b13-11-,14-12-,19-17-,20-18-. The lowest BCUT2D eigenvalue weighted by atomic mass is 9.92. The minimum Gasteiger partial charge on any atom is -0.466 e. The Balaban J connectivity index is 4.25. The second-order valence-electron chi connectivity index (χ2n) is 17.9. The molecule has 0 aromatic heterocycles. The number of aliphatic hydroxyl groups is 3. The molecule has 2 atom stereocenters. The molecule has 64 heavy (non-hydrogen) atoms. The van der Waals surface area contributed by atoms with Crippen molar-refractivity contribution < 1.29 is 34.4 Å². The van der Waals surface area contributed by atoms with E-state index in [1.54, 1.807) is 0 Å². The van der Waals surface area contributed by atoms with Crippen molar-refractivity contribution >= 4 is 11.9 Å².